The lowest BCUT2D eigenvalue weighted by Crippen LogP contribution is -2.37. The first-order valence-corrected chi connectivity index (χ1v) is 12.3. The lowest BCUT2D eigenvalue weighted by Gasteiger charge is -2.34. The summed E-state index contributed by atoms with van der Waals surface area (Å²) in [6, 6.07) is 14.0. The SMILES string of the molecule is CC(C)Sc1cccc(N(C(N)=O)c2ccc3occ(C4CCN(C(C)C)CC4)c3c2)c1. The van der Waals surface area contributed by atoms with Gasteiger partial charge in [-0.05, 0) is 82.1 Å². The Kier molecular flexibility index (Phi) is 6.82. The molecule has 0 aliphatic carbocycles. The third-order valence-corrected chi connectivity index (χ3v) is 7.21. The van der Waals surface area contributed by atoms with Crippen LogP contribution < -0.4 is 10.6 Å². The summed E-state index contributed by atoms with van der Waals surface area (Å²) in [5, 5.41) is 1.53. The van der Waals surface area contributed by atoms with Crippen molar-refractivity contribution in [1.29, 1.82) is 0 Å². The summed E-state index contributed by atoms with van der Waals surface area (Å²) in [5.41, 5.74) is 9.47. The number of urea groups is 1. The average molecular weight is 452 g/mol. The maximum atomic E-state index is 12.5. The number of hydrogen-bond acceptors (Lipinski definition) is 4. The van der Waals surface area contributed by atoms with Crippen molar-refractivity contribution in [2.24, 2.45) is 5.73 Å². The van der Waals surface area contributed by atoms with Crippen molar-refractivity contribution in [1.82, 2.24) is 4.90 Å². The zero-order valence-corrected chi connectivity index (χ0v) is 20.2. The second-order valence-corrected chi connectivity index (χ2v) is 10.8. The normalized spacial score (nSPS) is 15.7. The van der Waals surface area contributed by atoms with Gasteiger partial charge in [0.05, 0.1) is 17.6 Å². The van der Waals surface area contributed by atoms with Crippen LogP contribution in [0.25, 0.3) is 11.0 Å². The summed E-state index contributed by atoms with van der Waals surface area (Å²) in [4.78, 5) is 17.7. The molecule has 2 heterocycles. The number of primary amides is 1. The molecule has 6 heteroatoms. The minimum atomic E-state index is -0.494. The van der Waals surface area contributed by atoms with Crippen molar-refractivity contribution in [2.75, 3.05) is 18.0 Å². The van der Waals surface area contributed by atoms with E-state index in [9.17, 15) is 4.79 Å². The molecular formula is C26H33N3O2S. The van der Waals surface area contributed by atoms with Crippen molar-refractivity contribution >= 4 is 40.1 Å². The van der Waals surface area contributed by atoms with Crippen LogP contribution in [0, 0.1) is 0 Å². The molecule has 1 saturated heterocycles. The Labute approximate surface area is 194 Å². The Morgan fingerprint density at radius 3 is 2.47 bits per heavy atom. The van der Waals surface area contributed by atoms with Crippen LogP contribution in [0.2, 0.25) is 0 Å². The van der Waals surface area contributed by atoms with E-state index in [-0.39, 0.29) is 0 Å². The zero-order valence-electron chi connectivity index (χ0n) is 19.4. The number of anilines is 2. The van der Waals surface area contributed by atoms with Crippen LogP contribution in [-0.4, -0.2) is 35.3 Å². The molecule has 1 aliphatic rings. The first kappa shape index (κ1) is 22.7. The van der Waals surface area contributed by atoms with Gasteiger partial charge in [-0.15, -0.1) is 11.8 Å². The molecule has 0 spiro atoms. The van der Waals surface area contributed by atoms with E-state index in [2.05, 4.69) is 44.7 Å². The molecule has 32 heavy (non-hydrogen) atoms. The molecule has 1 aliphatic heterocycles. The number of rotatable bonds is 6. The van der Waals surface area contributed by atoms with E-state index in [1.807, 2.05) is 36.6 Å². The topological polar surface area (TPSA) is 62.7 Å². The van der Waals surface area contributed by atoms with Crippen LogP contribution in [0.5, 0.6) is 0 Å². The number of furan rings is 1. The zero-order chi connectivity index (χ0) is 22.8. The maximum absolute atomic E-state index is 12.5. The lowest BCUT2D eigenvalue weighted by atomic mass is 9.88. The fourth-order valence-corrected chi connectivity index (χ4v) is 5.48. The number of thioether (sulfide) groups is 1. The quantitative estimate of drug-likeness (QED) is 0.422. The number of piperidine rings is 1. The van der Waals surface area contributed by atoms with Gasteiger partial charge in [0.15, 0.2) is 0 Å². The Hall–Kier alpha value is -2.44. The number of nitrogens with zero attached hydrogens (tertiary/aromatic N) is 2. The molecule has 0 saturated carbocycles. The summed E-state index contributed by atoms with van der Waals surface area (Å²) in [6.45, 7) is 11.0. The molecule has 170 valence electrons. The van der Waals surface area contributed by atoms with Crippen LogP contribution >= 0.6 is 11.8 Å². The Morgan fingerprint density at radius 1 is 1.09 bits per heavy atom. The molecule has 0 radical (unpaired) electrons. The van der Waals surface area contributed by atoms with Gasteiger partial charge in [0.25, 0.3) is 0 Å². The monoisotopic (exact) mass is 451 g/mol. The van der Waals surface area contributed by atoms with Gasteiger partial charge in [0.1, 0.15) is 5.58 Å². The number of fused-ring (bicyclic) bond motifs is 1. The van der Waals surface area contributed by atoms with Crippen LogP contribution in [-0.2, 0) is 0 Å². The number of amides is 2. The molecule has 0 bridgehead atoms. The smallest absolute Gasteiger partial charge is 0.323 e. The van der Waals surface area contributed by atoms with Crippen molar-refractivity contribution in [3.05, 3.63) is 54.3 Å². The van der Waals surface area contributed by atoms with Gasteiger partial charge in [-0.3, -0.25) is 4.90 Å². The standard InChI is InChI=1S/C26H33N3O2S/c1-17(2)28-12-10-19(11-13-28)24-16-31-25-9-8-21(15-23(24)25)29(26(27)30)20-6-5-7-22(14-20)32-18(3)4/h5-9,14-19H,10-13H2,1-4H3,(H2,27,30). The Bertz CT molecular complexity index is 1080. The van der Waals surface area contributed by atoms with E-state index in [1.165, 1.54) is 5.56 Å². The molecular weight excluding hydrogens is 418 g/mol. The van der Waals surface area contributed by atoms with Gasteiger partial charge in [-0.2, -0.15) is 0 Å². The predicted octanol–water partition coefficient (Wildman–Crippen LogP) is 6.74. The first-order valence-electron chi connectivity index (χ1n) is 11.4. The molecule has 0 atom stereocenters. The number of benzene rings is 2. The highest BCUT2D eigenvalue weighted by Crippen LogP contribution is 2.38. The highest BCUT2D eigenvalue weighted by atomic mass is 32.2. The van der Waals surface area contributed by atoms with Crippen molar-refractivity contribution in [3.63, 3.8) is 0 Å². The molecule has 2 aromatic carbocycles. The molecule has 2 amide bonds. The average Bonchev–Trinajstić information content (AvgIpc) is 3.17. The summed E-state index contributed by atoms with van der Waals surface area (Å²) in [7, 11) is 0. The lowest BCUT2D eigenvalue weighted by molar-refractivity contribution is 0.172. The number of carbonyl (C=O) groups excluding carboxylic acids is 1. The van der Waals surface area contributed by atoms with Gasteiger partial charge in [-0.1, -0.05) is 19.9 Å². The molecule has 4 rings (SSSR count). The van der Waals surface area contributed by atoms with Crippen molar-refractivity contribution < 1.29 is 9.21 Å². The van der Waals surface area contributed by atoms with Gasteiger partial charge in [0.2, 0.25) is 0 Å². The fourth-order valence-electron chi connectivity index (χ4n) is 4.59. The predicted molar refractivity (Wildman–Crippen MR) is 134 cm³/mol. The molecule has 5 nitrogen and oxygen atoms in total. The van der Waals surface area contributed by atoms with Crippen LogP contribution in [0.1, 0.15) is 52.0 Å². The highest BCUT2D eigenvalue weighted by molar-refractivity contribution is 7.99. The molecule has 1 aromatic heterocycles. The Morgan fingerprint density at radius 2 is 1.81 bits per heavy atom. The molecule has 0 unspecified atom stereocenters. The van der Waals surface area contributed by atoms with Gasteiger partial charge in [0, 0.05) is 27.1 Å². The second-order valence-electron chi connectivity index (χ2n) is 9.11. The number of nitrogens with two attached hydrogens (primary N) is 1. The van der Waals surface area contributed by atoms with Crippen LogP contribution in [0.3, 0.4) is 0 Å². The van der Waals surface area contributed by atoms with E-state index in [4.69, 9.17) is 10.2 Å². The minimum Gasteiger partial charge on any atom is -0.464 e. The van der Waals surface area contributed by atoms with E-state index < -0.39 is 6.03 Å². The molecule has 2 N–H and O–H groups in total. The highest BCUT2D eigenvalue weighted by Gasteiger charge is 2.25. The minimum absolute atomic E-state index is 0.458. The van der Waals surface area contributed by atoms with E-state index in [0.29, 0.717) is 17.2 Å². The van der Waals surface area contributed by atoms with Crippen LogP contribution in [0.15, 0.2) is 58.0 Å². The summed E-state index contributed by atoms with van der Waals surface area (Å²) >= 11 is 1.77. The number of hydrogen-bond donors (Lipinski definition) is 1. The van der Waals surface area contributed by atoms with Gasteiger partial charge >= 0.3 is 6.03 Å². The van der Waals surface area contributed by atoms with Crippen LogP contribution in [0.4, 0.5) is 16.2 Å². The van der Waals surface area contributed by atoms with Gasteiger partial charge < -0.3 is 15.1 Å². The van der Waals surface area contributed by atoms with E-state index in [1.54, 1.807) is 16.7 Å². The molecule has 1 fully saturated rings. The summed E-state index contributed by atoms with van der Waals surface area (Å²) in [5.74, 6) is 0.467. The maximum Gasteiger partial charge on any atom is 0.323 e. The molecule has 3 aromatic rings. The van der Waals surface area contributed by atoms with Crippen molar-refractivity contribution in [2.45, 2.75) is 62.6 Å². The first-order chi connectivity index (χ1) is 15.3. The largest absolute Gasteiger partial charge is 0.464 e. The van der Waals surface area contributed by atoms with Crippen molar-refractivity contribution in [3.8, 4) is 0 Å². The second kappa shape index (κ2) is 9.59. The third kappa shape index (κ3) is 4.81. The van der Waals surface area contributed by atoms with Gasteiger partial charge in [-0.25, -0.2) is 4.79 Å². The van der Waals surface area contributed by atoms with E-state index in [0.717, 1.165) is 53.2 Å². The number of likely N-dealkylation sites (tertiary alicyclic amines) is 1. The summed E-state index contributed by atoms with van der Waals surface area (Å²) < 4.78 is 5.89. The Balaban J connectivity index is 1.66. The fraction of sp³-hybridized carbons (Fsp3) is 0.423. The third-order valence-electron chi connectivity index (χ3n) is 6.21. The summed E-state index contributed by atoms with van der Waals surface area (Å²) in [6.07, 6.45) is 4.13. The number of carbonyl (C=O) groups is 1. The van der Waals surface area contributed by atoms with E-state index >= 15 is 0 Å².